The van der Waals surface area contributed by atoms with E-state index in [1.165, 1.54) is 24.8 Å². The Kier molecular flexibility index (Phi) is 7.49. The van der Waals surface area contributed by atoms with Crippen LogP contribution in [0.5, 0.6) is 5.75 Å². The second-order valence-electron chi connectivity index (χ2n) is 6.41. The molecule has 174 valence electrons. The molecule has 0 aliphatic heterocycles. The second-order valence-corrected chi connectivity index (χ2v) is 7.22. The zero-order valence-corrected chi connectivity index (χ0v) is 18.1. The fourth-order valence-corrected chi connectivity index (χ4v) is 3.05. The SMILES string of the molecule is CC(NC(=O)Nc1cc(OC(F)(F)C(F)F)c(Cl)cc1Cl)c1nccnc1-c1ncccn1. The molecule has 3 aromatic rings. The van der Waals surface area contributed by atoms with Crippen molar-refractivity contribution in [2.75, 3.05) is 5.32 Å². The molecular weight excluding hydrogens is 491 g/mol. The second kappa shape index (κ2) is 10.1. The first-order chi connectivity index (χ1) is 15.6. The molecule has 14 heteroatoms. The number of nitrogens with zero attached hydrogens (tertiary/aromatic N) is 4. The highest BCUT2D eigenvalue weighted by Gasteiger charge is 2.44. The van der Waals surface area contributed by atoms with Gasteiger partial charge in [-0.3, -0.25) is 4.98 Å². The number of hydrogen-bond donors (Lipinski definition) is 2. The minimum Gasteiger partial charge on any atom is -0.427 e. The van der Waals surface area contributed by atoms with Gasteiger partial charge in [-0.25, -0.2) is 19.7 Å². The molecule has 0 radical (unpaired) electrons. The number of ether oxygens (including phenoxy) is 1. The number of carbonyl (C=O) groups excluding carboxylic acids is 1. The van der Waals surface area contributed by atoms with Crippen molar-refractivity contribution in [3.8, 4) is 17.3 Å². The molecule has 1 atom stereocenters. The first-order valence-electron chi connectivity index (χ1n) is 9.08. The van der Waals surface area contributed by atoms with Crippen LogP contribution in [0.2, 0.25) is 10.0 Å². The van der Waals surface area contributed by atoms with Crippen LogP contribution in [0, 0.1) is 0 Å². The Morgan fingerprint density at radius 3 is 2.36 bits per heavy atom. The largest absolute Gasteiger partial charge is 0.461 e. The summed E-state index contributed by atoms with van der Waals surface area (Å²) in [6.45, 7) is 1.61. The van der Waals surface area contributed by atoms with Gasteiger partial charge in [-0.1, -0.05) is 23.2 Å². The number of rotatable bonds is 7. The fourth-order valence-electron chi connectivity index (χ4n) is 2.58. The molecule has 1 aromatic carbocycles. The lowest BCUT2D eigenvalue weighted by Crippen LogP contribution is -2.34. The molecular formula is C19H14Cl2F4N6O2. The van der Waals surface area contributed by atoms with Gasteiger partial charge in [0.2, 0.25) is 0 Å². The van der Waals surface area contributed by atoms with Crippen LogP contribution in [0.1, 0.15) is 18.7 Å². The molecule has 0 bridgehead atoms. The Labute approximate surface area is 194 Å². The highest BCUT2D eigenvalue weighted by atomic mass is 35.5. The third kappa shape index (κ3) is 5.96. The van der Waals surface area contributed by atoms with Gasteiger partial charge in [0.25, 0.3) is 0 Å². The number of nitrogens with one attached hydrogen (secondary N) is 2. The van der Waals surface area contributed by atoms with Gasteiger partial charge in [0.1, 0.15) is 11.4 Å². The normalized spacial score (nSPS) is 12.4. The van der Waals surface area contributed by atoms with Crippen LogP contribution in [-0.4, -0.2) is 38.5 Å². The van der Waals surface area contributed by atoms with E-state index in [0.29, 0.717) is 11.4 Å². The van der Waals surface area contributed by atoms with Crippen LogP contribution in [-0.2, 0) is 0 Å². The number of anilines is 1. The Balaban J connectivity index is 1.77. The minimum absolute atomic E-state index is 0.145. The average Bonchev–Trinajstić information content (AvgIpc) is 2.77. The Hall–Kier alpha value is -3.25. The summed E-state index contributed by atoms with van der Waals surface area (Å²) < 4.78 is 55.4. The summed E-state index contributed by atoms with van der Waals surface area (Å²) in [5.74, 6) is -0.510. The molecule has 2 heterocycles. The number of alkyl halides is 4. The molecule has 2 amide bonds. The molecule has 0 saturated carbocycles. The Morgan fingerprint density at radius 2 is 1.70 bits per heavy atom. The van der Waals surface area contributed by atoms with E-state index in [1.807, 2.05) is 0 Å². The van der Waals surface area contributed by atoms with Gasteiger partial charge in [0, 0.05) is 30.9 Å². The molecule has 0 aliphatic rings. The van der Waals surface area contributed by atoms with Gasteiger partial charge in [-0.2, -0.15) is 17.6 Å². The van der Waals surface area contributed by atoms with Crippen molar-refractivity contribution in [2.45, 2.75) is 25.5 Å². The zero-order chi connectivity index (χ0) is 24.2. The molecule has 0 aliphatic carbocycles. The van der Waals surface area contributed by atoms with Crippen LogP contribution >= 0.6 is 23.2 Å². The number of urea groups is 1. The van der Waals surface area contributed by atoms with Crippen LogP contribution in [0.4, 0.5) is 28.0 Å². The van der Waals surface area contributed by atoms with E-state index in [1.54, 1.807) is 13.0 Å². The maximum Gasteiger partial charge on any atom is 0.461 e. The van der Waals surface area contributed by atoms with Crippen LogP contribution in [0.15, 0.2) is 43.0 Å². The van der Waals surface area contributed by atoms with Gasteiger partial charge < -0.3 is 15.4 Å². The predicted molar refractivity (Wildman–Crippen MR) is 112 cm³/mol. The van der Waals surface area contributed by atoms with E-state index in [9.17, 15) is 22.4 Å². The van der Waals surface area contributed by atoms with E-state index in [-0.39, 0.29) is 16.5 Å². The summed E-state index contributed by atoms with van der Waals surface area (Å²) in [6.07, 6.45) is -3.00. The van der Waals surface area contributed by atoms with Crippen LogP contribution < -0.4 is 15.4 Å². The molecule has 3 rings (SSSR count). The van der Waals surface area contributed by atoms with Crippen molar-refractivity contribution in [3.63, 3.8) is 0 Å². The summed E-state index contributed by atoms with van der Waals surface area (Å²) in [6, 6.07) is 1.87. The zero-order valence-electron chi connectivity index (χ0n) is 16.6. The average molecular weight is 505 g/mol. The molecule has 8 nitrogen and oxygen atoms in total. The number of aromatic nitrogens is 4. The maximum atomic E-state index is 13.3. The number of benzene rings is 1. The van der Waals surface area contributed by atoms with E-state index < -0.39 is 35.4 Å². The minimum atomic E-state index is -4.80. The van der Waals surface area contributed by atoms with Crippen molar-refractivity contribution in [1.82, 2.24) is 25.3 Å². The molecule has 1 unspecified atom stereocenters. The summed E-state index contributed by atoms with van der Waals surface area (Å²) in [4.78, 5) is 29.1. The lowest BCUT2D eigenvalue weighted by molar-refractivity contribution is -0.253. The highest BCUT2D eigenvalue weighted by molar-refractivity contribution is 6.37. The monoisotopic (exact) mass is 504 g/mol. The number of carbonyl (C=O) groups is 1. The first-order valence-corrected chi connectivity index (χ1v) is 9.84. The van der Waals surface area contributed by atoms with E-state index in [2.05, 4.69) is 35.3 Å². The van der Waals surface area contributed by atoms with Gasteiger partial charge in [0.15, 0.2) is 5.82 Å². The number of halogens is 6. The molecule has 0 spiro atoms. The first kappa shape index (κ1) is 24.4. The standard InChI is InChI=1S/C19H14Cl2F4N6O2/c1-9(14-15(27-6-5-26-14)16-28-3-2-4-29-16)30-18(32)31-12-8-13(11(21)7-10(12)20)33-19(24,25)17(22)23/h2-9,17H,1H3,(H2,30,31,32). The molecule has 2 N–H and O–H groups in total. The van der Waals surface area contributed by atoms with Gasteiger partial charge >= 0.3 is 18.6 Å². The number of amides is 2. The molecule has 2 aromatic heterocycles. The van der Waals surface area contributed by atoms with Gasteiger partial charge in [-0.05, 0) is 19.1 Å². The van der Waals surface area contributed by atoms with Gasteiger partial charge in [0.05, 0.1) is 27.5 Å². The molecule has 0 saturated heterocycles. The van der Waals surface area contributed by atoms with Crippen molar-refractivity contribution in [2.24, 2.45) is 0 Å². The summed E-state index contributed by atoms with van der Waals surface area (Å²) >= 11 is 11.7. The molecule has 0 fully saturated rings. The highest BCUT2D eigenvalue weighted by Crippen LogP contribution is 2.38. The van der Waals surface area contributed by atoms with Gasteiger partial charge in [-0.15, -0.1) is 0 Å². The van der Waals surface area contributed by atoms with Crippen molar-refractivity contribution >= 4 is 34.9 Å². The summed E-state index contributed by atoms with van der Waals surface area (Å²) in [5.41, 5.74) is 0.471. The van der Waals surface area contributed by atoms with Crippen molar-refractivity contribution in [1.29, 1.82) is 0 Å². The topological polar surface area (TPSA) is 102 Å². The molecule has 33 heavy (non-hydrogen) atoms. The van der Waals surface area contributed by atoms with E-state index in [0.717, 1.165) is 12.1 Å². The van der Waals surface area contributed by atoms with Crippen molar-refractivity contribution in [3.05, 3.63) is 58.7 Å². The van der Waals surface area contributed by atoms with Crippen molar-refractivity contribution < 1.29 is 27.1 Å². The third-order valence-corrected chi connectivity index (χ3v) is 4.64. The summed E-state index contributed by atoms with van der Waals surface area (Å²) in [7, 11) is 0. The Bertz CT molecular complexity index is 1140. The Morgan fingerprint density at radius 1 is 1.03 bits per heavy atom. The fraction of sp³-hybridized carbons (Fsp3) is 0.211. The smallest absolute Gasteiger partial charge is 0.427 e. The van der Waals surface area contributed by atoms with Crippen LogP contribution in [0.3, 0.4) is 0 Å². The summed E-state index contributed by atoms with van der Waals surface area (Å²) in [5, 5.41) is 4.30. The van der Waals surface area contributed by atoms with E-state index in [4.69, 9.17) is 23.2 Å². The maximum absolute atomic E-state index is 13.3. The predicted octanol–water partition coefficient (Wildman–Crippen LogP) is 5.36. The quantitative estimate of drug-likeness (QED) is 0.420. The third-order valence-electron chi connectivity index (χ3n) is 4.03. The lowest BCUT2D eigenvalue weighted by atomic mass is 10.1. The van der Waals surface area contributed by atoms with Crippen LogP contribution in [0.25, 0.3) is 11.5 Å². The van der Waals surface area contributed by atoms with E-state index >= 15 is 0 Å². The number of hydrogen-bond acceptors (Lipinski definition) is 6. The lowest BCUT2D eigenvalue weighted by Gasteiger charge is -2.19.